The molecule has 4 aromatic rings. The van der Waals surface area contributed by atoms with E-state index in [1.807, 2.05) is 13.0 Å². The minimum absolute atomic E-state index is 0.208. The maximum absolute atomic E-state index is 15.5. The highest BCUT2D eigenvalue weighted by Gasteiger charge is 2.21. The molecule has 1 aromatic carbocycles. The van der Waals surface area contributed by atoms with Gasteiger partial charge in [0.2, 0.25) is 0 Å². The van der Waals surface area contributed by atoms with Crippen LogP contribution in [-0.4, -0.2) is 69.5 Å². The number of halogens is 1. The van der Waals surface area contributed by atoms with Gasteiger partial charge in [-0.3, -0.25) is 4.90 Å². The number of pyridine rings is 1. The average molecular weight is 496 g/mol. The summed E-state index contributed by atoms with van der Waals surface area (Å²) < 4.78 is 28.1. The van der Waals surface area contributed by atoms with Crippen LogP contribution in [0.4, 0.5) is 10.2 Å². The summed E-state index contributed by atoms with van der Waals surface area (Å²) in [5.41, 5.74) is 9.36. The van der Waals surface area contributed by atoms with E-state index in [0.717, 1.165) is 48.9 Å². The van der Waals surface area contributed by atoms with Crippen LogP contribution in [-0.2, 0) is 4.74 Å². The van der Waals surface area contributed by atoms with Gasteiger partial charge in [0.15, 0.2) is 11.6 Å². The van der Waals surface area contributed by atoms with E-state index in [1.54, 1.807) is 36.6 Å². The zero-order valence-corrected chi connectivity index (χ0v) is 20.4. The minimum Gasteiger partial charge on any atom is -0.492 e. The van der Waals surface area contributed by atoms with E-state index >= 15 is 4.39 Å². The number of nitrogen functional groups attached to an aromatic ring is 1. The summed E-state index contributed by atoms with van der Waals surface area (Å²) >= 11 is 1.61. The zero-order valence-electron chi connectivity index (χ0n) is 19.6. The smallest absolute Gasteiger partial charge is 0.190 e. The molecular weight excluding hydrogens is 469 g/mol. The third-order valence-corrected chi connectivity index (χ3v) is 7.05. The second kappa shape index (κ2) is 10.1. The predicted molar refractivity (Wildman–Crippen MR) is 132 cm³/mol. The largest absolute Gasteiger partial charge is 0.492 e. The number of nitrogens with zero attached hydrogens (tertiary/aromatic N) is 6. The number of morpholine rings is 1. The number of thiophene rings is 1. The molecule has 35 heavy (non-hydrogen) atoms. The van der Waals surface area contributed by atoms with Gasteiger partial charge >= 0.3 is 0 Å². The number of anilines is 1. The number of aromatic nitrogens is 5. The van der Waals surface area contributed by atoms with Gasteiger partial charge in [-0.05, 0) is 59.5 Å². The fraction of sp³-hybridized carbons (Fsp3) is 0.333. The molecule has 0 bridgehead atoms. The fourth-order valence-corrected chi connectivity index (χ4v) is 4.85. The second-order valence-corrected chi connectivity index (χ2v) is 9.29. The van der Waals surface area contributed by atoms with Crippen molar-refractivity contribution in [2.24, 2.45) is 0 Å². The number of rotatable bonds is 7. The van der Waals surface area contributed by atoms with Gasteiger partial charge in [-0.2, -0.15) is 4.68 Å². The predicted octanol–water partition coefficient (Wildman–Crippen LogP) is 3.50. The first-order valence-electron chi connectivity index (χ1n) is 11.3. The molecule has 5 rings (SSSR count). The molecule has 4 heterocycles. The van der Waals surface area contributed by atoms with Crippen molar-refractivity contribution < 1.29 is 13.9 Å². The van der Waals surface area contributed by atoms with Gasteiger partial charge in [0.05, 0.1) is 18.8 Å². The van der Waals surface area contributed by atoms with E-state index in [1.165, 1.54) is 4.68 Å². The number of ether oxygens (including phenoxy) is 2. The molecule has 0 aliphatic carbocycles. The summed E-state index contributed by atoms with van der Waals surface area (Å²) in [4.78, 5) is 7.65. The van der Waals surface area contributed by atoms with Crippen LogP contribution in [0.15, 0.2) is 35.8 Å². The molecule has 0 unspecified atom stereocenters. The van der Waals surface area contributed by atoms with E-state index in [9.17, 15) is 0 Å². The Labute approximate surface area is 206 Å². The molecule has 1 aliphatic heterocycles. The van der Waals surface area contributed by atoms with Gasteiger partial charge in [0.1, 0.15) is 23.9 Å². The lowest BCUT2D eigenvalue weighted by Crippen LogP contribution is -2.38. The Hall–Kier alpha value is -3.41. The lowest BCUT2D eigenvalue weighted by Gasteiger charge is -2.26. The van der Waals surface area contributed by atoms with E-state index in [2.05, 4.69) is 36.9 Å². The van der Waals surface area contributed by atoms with Crippen LogP contribution < -0.4 is 10.5 Å². The van der Waals surface area contributed by atoms with Crippen molar-refractivity contribution in [2.45, 2.75) is 13.8 Å². The fourth-order valence-electron chi connectivity index (χ4n) is 3.97. The van der Waals surface area contributed by atoms with Gasteiger partial charge < -0.3 is 15.2 Å². The molecule has 1 fully saturated rings. The van der Waals surface area contributed by atoms with Gasteiger partial charge in [-0.25, -0.2) is 9.37 Å². The summed E-state index contributed by atoms with van der Waals surface area (Å²) in [5, 5.41) is 14.0. The van der Waals surface area contributed by atoms with Crippen molar-refractivity contribution in [3.63, 3.8) is 0 Å². The second-order valence-electron chi connectivity index (χ2n) is 8.38. The monoisotopic (exact) mass is 495 g/mol. The minimum atomic E-state index is -0.459. The Bertz CT molecular complexity index is 1330. The van der Waals surface area contributed by atoms with Crippen molar-refractivity contribution in [2.75, 3.05) is 45.2 Å². The van der Waals surface area contributed by atoms with Crippen molar-refractivity contribution in [3.8, 4) is 33.3 Å². The number of benzene rings is 1. The SMILES string of the molecule is Cc1csc(-c2cnc(N)c(-c3nnnn3-c3ccc(OCCN4CCOCC4)c(C)c3F)c2)c1. The molecule has 3 aromatic heterocycles. The number of hydrogen-bond donors (Lipinski definition) is 1. The normalized spacial score (nSPS) is 14.4. The van der Waals surface area contributed by atoms with Crippen LogP contribution in [0.25, 0.3) is 27.5 Å². The zero-order chi connectivity index (χ0) is 24.4. The summed E-state index contributed by atoms with van der Waals surface area (Å²) in [6.07, 6.45) is 1.71. The highest BCUT2D eigenvalue weighted by atomic mass is 32.1. The van der Waals surface area contributed by atoms with Crippen LogP contribution >= 0.6 is 11.3 Å². The summed E-state index contributed by atoms with van der Waals surface area (Å²) in [5.74, 6) is 0.604. The molecule has 0 atom stereocenters. The molecule has 182 valence electrons. The summed E-state index contributed by atoms with van der Waals surface area (Å²) in [6.45, 7) is 8.16. The lowest BCUT2D eigenvalue weighted by molar-refractivity contribution is 0.0322. The molecule has 1 aliphatic rings. The van der Waals surface area contributed by atoms with Gasteiger partial charge in [0.25, 0.3) is 0 Å². The van der Waals surface area contributed by atoms with Crippen molar-refractivity contribution in [1.82, 2.24) is 30.1 Å². The van der Waals surface area contributed by atoms with Crippen LogP contribution in [0.5, 0.6) is 5.75 Å². The molecule has 1 saturated heterocycles. The Kier molecular flexibility index (Phi) is 6.71. The highest BCUT2D eigenvalue weighted by Crippen LogP contribution is 2.33. The lowest BCUT2D eigenvalue weighted by atomic mass is 10.1. The standard InChI is InChI=1S/C24H26FN7O2S/c1-15-11-21(35-14-15)17-12-18(23(26)27-13-17)24-28-29-30-32(24)19-3-4-20(16(2)22(19)25)34-10-7-31-5-8-33-9-6-31/h3-4,11-14H,5-10H2,1-2H3,(H2,26,27). The maximum Gasteiger partial charge on any atom is 0.190 e. The van der Waals surface area contributed by atoms with E-state index in [4.69, 9.17) is 15.2 Å². The highest BCUT2D eigenvalue weighted by molar-refractivity contribution is 7.13. The number of tetrazole rings is 1. The summed E-state index contributed by atoms with van der Waals surface area (Å²) in [7, 11) is 0. The van der Waals surface area contributed by atoms with Crippen LogP contribution in [0, 0.1) is 19.7 Å². The topological polar surface area (TPSA) is 104 Å². The van der Waals surface area contributed by atoms with Crippen LogP contribution in [0.2, 0.25) is 0 Å². The maximum atomic E-state index is 15.5. The first-order chi connectivity index (χ1) is 17.0. The quantitative estimate of drug-likeness (QED) is 0.415. The first-order valence-corrected chi connectivity index (χ1v) is 12.2. The number of aryl methyl sites for hydroxylation is 1. The van der Waals surface area contributed by atoms with Gasteiger partial charge in [-0.1, -0.05) is 0 Å². The van der Waals surface area contributed by atoms with Crippen molar-refractivity contribution in [3.05, 3.63) is 52.8 Å². The molecule has 0 spiro atoms. The number of nitrogens with two attached hydrogens (primary N) is 1. The molecule has 0 amide bonds. The van der Waals surface area contributed by atoms with E-state index in [-0.39, 0.29) is 11.5 Å². The Morgan fingerprint density at radius 1 is 1.20 bits per heavy atom. The van der Waals surface area contributed by atoms with Crippen molar-refractivity contribution in [1.29, 1.82) is 0 Å². The third-order valence-electron chi connectivity index (χ3n) is 5.96. The van der Waals surface area contributed by atoms with E-state index in [0.29, 0.717) is 29.3 Å². The number of hydrogen-bond acceptors (Lipinski definition) is 9. The van der Waals surface area contributed by atoms with Gasteiger partial charge in [-0.15, -0.1) is 16.4 Å². The average Bonchev–Trinajstić information content (AvgIpc) is 3.52. The Morgan fingerprint density at radius 2 is 2.03 bits per heavy atom. The van der Waals surface area contributed by atoms with Crippen molar-refractivity contribution >= 4 is 17.2 Å². The van der Waals surface area contributed by atoms with E-state index < -0.39 is 5.82 Å². The molecule has 0 radical (unpaired) electrons. The Morgan fingerprint density at radius 3 is 2.80 bits per heavy atom. The van der Waals surface area contributed by atoms with Crippen LogP contribution in [0.1, 0.15) is 11.1 Å². The van der Waals surface area contributed by atoms with Crippen LogP contribution in [0.3, 0.4) is 0 Å². The summed E-state index contributed by atoms with van der Waals surface area (Å²) in [6, 6.07) is 7.31. The third kappa shape index (κ3) is 4.88. The molecular formula is C24H26FN7O2S. The molecule has 2 N–H and O–H groups in total. The molecule has 0 saturated carbocycles. The molecule has 9 nitrogen and oxygen atoms in total. The Balaban J connectivity index is 1.40. The first kappa shape index (κ1) is 23.3. The molecule has 11 heteroatoms. The van der Waals surface area contributed by atoms with Gasteiger partial charge in [0, 0.05) is 41.8 Å².